The average molecular weight is 575 g/mol. The van der Waals surface area contributed by atoms with Gasteiger partial charge >= 0.3 is 0 Å². The third-order valence-corrected chi connectivity index (χ3v) is 9.21. The second-order valence-corrected chi connectivity index (χ2v) is 13.6. The highest BCUT2D eigenvalue weighted by atomic mass is 32.1. The molecule has 0 bridgehead atoms. The molecule has 0 N–H and O–H groups in total. The molecule has 1 aromatic heterocycles. The van der Waals surface area contributed by atoms with E-state index in [9.17, 15) is 0 Å². The zero-order valence-electron chi connectivity index (χ0n) is 25.3. The number of para-hydroxylation sites is 1. The van der Waals surface area contributed by atoms with Crippen molar-refractivity contribution in [2.45, 2.75) is 40.0 Å². The van der Waals surface area contributed by atoms with Crippen molar-refractivity contribution in [2.24, 2.45) is 4.99 Å². The third kappa shape index (κ3) is 5.15. The van der Waals surface area contributed by atoms with Crippen molar-refractivity contribution in [3.8, 4) is 21.7 Å². The molecule has 0 aliphatic heterocycles. The van der Waals surface area contributed by atoms with Gasteiger partial charge in [-0.2, -0.15) is 0 Å². The lowest BCUT2D eigenvalue weighted by molar-refractivity contribution is 0.591. The van der Waals surface area contributed by atoms with Gasteiger partial charge < -0.3 is 0 Å². The van der Waals surface area contributed by atoms with Crippen LogP contribution in [0.25, 0.3) is 53.5 Å². The Morgan fingerprint density at radius 3 is 2.12 bits per heavy atom. The van der Waals surface area contributed by atoms with Gasteiger partial charge in [0, 0.05) is 22.9 Å². The molecule has 0 unspecified atom stereocenters. The number of thiazole rings is 1. The normalized spacial score (nSPS) is 12.2. The minimum absolute atomic E-state index is 0.0246. The maximum atomic E-state index is 5.29. The van der Waals surface area contributed by atoms with Gasteiger partial charge in [-0.1, -0.05) is 111 Å². The molecule has 0 spiro atoms. The monoisotopic (exact) mass is 574 g/mol. The summed E-state index contributed by atoms with van der Waals surface area (Å²) in [5, 5.41) is 5.92. The molecule has 0 fully saturated rings. The molecule has 0 radical (unpaired) electrons. The lowest BCUT2D eigenvalue weighted by Crippen LogP contribution is -2.11. The fourth-order valence-electron chi connectivity index (χ4n) is 6.02. The summed E-state index contributed by atoms with van der Waals surface area (Å²) < 4.78 is 1.20. The highest BCUT2D eigenvalue weighted by Crippen LogP contribution is 2.42. The first kappa shape index (κ1) is 27.2. The van der Waals surface area contributed by atoms with Crippen LogP contribution < -0.4 is 0 Å². The van der Waals surface area contributed by atoms with Gasteiger partial charge in [0.2, 0.25) is 0 Å². The largest absolute Gasteiger partial charge is 0.256 e. The maximum Gasteiger partial charge on any atom is 0.126 e. The van der Waals surface area contributed by atoms with Crippen molar-refractivity contribution >= 4 is 55.0 Å². The number of aromatic nitrogens is 1. The first-order valence-corrected chi connectivity index (χ1v) is 15.6. The first-order valence-electron chi connectivity index (χ1n) is 14.8. The second kappa shape index (κ2) is 10.6. The molecule has 0 aliphatic carbocycles. The third-order valence-electron chi connectivity index (χ3n) is 8.17. The molecule has 3 heteroatoms. The van der Waals surface area contributed by atoms with Crippen molar-refractivity contribution in [1.29, 1.82) is 0 Å². The van der Waals surface area contributed by atoms with Crippen molar-refractivity contribution in [3.63, 3.8) is 0 Å². The Morgan fingerprint density at radius 2 is 1.35 bits per heavy atom. The molecule has 7 rings (SSSR count). The average Bonchev–Trinajstić information content (AvgIpc) is 3.43. The van der Waals surface area contributed by atoms with Crippen LogP contribution in [0.5, 0.6) is 0 Å². The minimum atomic E-state index is 0.0246. The smallest absolute Gasteiger partial charge is 0.126 e. The highest BCUT2D eigenvalue weighted by Gasteiger charge is 2.20. The van der Waals surface area contributed by atoms with Gasteiger partial charge in [-0.25, -0.2) is 4.98 Å². The number of aliphatic imine (C=N–C) groups is 1. The number of hydrogen-bond donors (Lipinski definition) is 0. The van der Waals surface area contributed by atoms with Gasteiger partial charge in [-0.05, 0) is 82.3 Å². The van der Waals surface area contributed by atoms with E-state index in [2.05, 4.69) is 144 Å². The van der Waals surface area contributed by atoms with E-state index < -0.39 is 0 Å². The zero-order valence-corrected chi connectivity index (χ0v) is 26.1. The quantitative estimate of drug-likeness (QED) is 0.152. The van der Waals surface area contributed by atoms with Crippen LogP contribution in [-0.4, -0.2) is 11.2 Å². The van der Waals surface area contributed by atoms with Gasteiger partial charge in [0.15, 0.2) is 0 Å². The number of fused-ring (bicyclic) bond motifs is 4. The SMILES string of the molecule is Cc1cc(C)cc(-c2cc(C(C)(C)C)cc3sc(-c4ccccc4N=Cc4cc5ccccc5c5ccccc45)nc23)c1. The van der Waals surface area contributed by atoms with E-state index in [0.717, 1.165) is 27.3 Å². The summed E-state index contributed by atoms with van der Waals surface area (Å²) in [5.74, 6) is 0. The van der Waals surface area contributed by atoms with E-state index in [-0.39, 0.29) is 5.41 Å². The van der Waals surface area contributed by atoms with Crippen molar-refractivity contribution < 1.29 is 0 Å². The van der Waals surface area contributed by atoms with E-state index in [1.807, 2.05) is 6.21 Å². The lowest BCUT2D eigenvalue weighted by atomic mass is 9.85. The van der Waals surface area contributed by atoms with Crippen molar-refractivity contribution in [1.82, 2.24) is 4.98 Å². The van der Waals surface area contributed by atoms with Crippen LogP contribution >= 0.6 is 11.3 Å². The van der Waals surface area contributed by atoms with E-state index in [0.29, 0.717) is 0 Å². The summed E-state index contributed by atoms with van der Waals surface area (Å²) in [6.45, 7) is 11.2. The van der Waals surface area contributed by atoms with Crippen LogP contribution in [0.15, 0.2) is 114 Å². The lowest BCUT2D eigenvalue weighted by Gasteiger charge is -2.20. The molecule has 0 saturated heterocycles. The molecule has 0 aliphatic rings. The van der Waals surface area contributed by atoms with Gasteiger partial charge in [-0.3, -0.25) is 4.99 Å². The minimum Gasteiger partial charge on any atom is -0.256 e. The fraction of sp³-hybridized carbons (Fsp3) is 0.150. The van der Waals surface area contributed by atoms with E-state index in [1.165, 1.54) is 54.1 Å². The van der Waals surface area contributed by atoms with E-state index in [1.54, 1.807) is 11.3 Å². The molecule has 0 amide bonds. The molecule has 6 aromatic carbocycles. The summed E-state index contributed by atoms with van der Waals surface area (Å²) in [5.41, 5.74) is 10.4. The topological polar surface area (TPSA) is 25.2 Å². The van der Waals surface area contributed by atoms with E-state index in [4.69, 9.17) is 9.98 Å². The van der Waals surface area contributed by atoms with Gasteiger partial charge in [-0.15, -0.1) is 11.3 Å². The Labute approximate surface area is 257 Å². The summed E-state index contributed by atoms with van der Waals surface area (Å²) in [7, 11) is 0. The van der Waals surface area contributed by atoms with Crippen molar-refractivity contribution in [2.75, 3.05) is 0 Å². The molecule has 0 saturated carbocycles. The summed E-state index contributed by atoms with van der Waals surface area (Å²) in [6, 6.07) is 39.2. The van der Waals surface area contributed by atoms with Crippen LogP contribution in [0.4, 0.5) is 5.69 Å². The number of benzene rings is 6. The summed E-state index contributed by atoms with van der Waals surface area (Å²) in [4.78, 5) is 10.4. The van der Waals surface area contributed by atoms with Gasteiger partial charge in [0.25, 0.3) is 0 Å². The van der Waals surface area contributed by atoms with Crippen LogP contribution in [-0.2, 0) is 5.41 Å². The Balaban J connectivity index is 1.38. The van der Waals surface area contributed by atoms with E-state index >= 15 is 0 Å². The molecule has 2 nitrogen and oxygen atoms in total. The standard InChI is InChI=1S/C40H34N2S/c1-25-18-26(2)20-28(19-25)35-22-30(40(3,4)5)23-37-38(35)42-39(43-37)34-16-10-11-17-36(34)41-24-29-21-27-12-6-7-13-31(27)33-15-9-8-14-32(29)33/h6-24H,1-5H3. The molecule has 210 valence electrons. The number of aryl methyl sites for hydroxylation is 2. The predicted octanol–water partition coefficient (Wildman–Crippen LogP) is 11.6. The van der Waals surface area contributed by atoms with Crippen LogP contribution in [0.1, 0.15) is 43.0 Å². The molecule has 1 heterocycles. The van der Waals surface area contributed by atoms with Crippen LogP contribution in [0.2, 0.25) is 0 Å². The predicted molar refractivity (Wildman–Crippen MR) is 187 cm³/mol. The Kier molecular flexibility index (Phi) is 6.71. The van der Waals surface area contributed by atoms with Gasteiger partial charge in [0.05, 0.1) is 15.9 Å². The molecule has 0 atom stereocenters. The highest BCUT2D eigenvalue weighted by molar-refractivity contribution is 7.21. The van der Waals surface area contributed by atoms with Crippen LogP contribution in [0.3, 0.4) is 0 Å². The number of nitrogens with zero attached hydrogens (tertiary/aromatic N) is 2. The molecule has 43 heavy (non-hydrogen) atoms. The first-order chi connectivity index (χ1) is 20.7. The molecular formula is C40H34N2S. The Bertz CT molecular complexity index is 2170. The van der Waals surface area contributed by atoms with Gasteiger partial charge in [0.1, 0.15) is 5.01 Å². The maximum absolute atomic E-state index is 5.29. The van der Waals surface area contributed by atoms with Crippen LogP contribution in [0, 0.1) is 13.8 Å². The fourth-order valence-corrected chi connectivity index (χ4v) is 7.09. The summed E-state index contributed by atoms with van der Waals surface area (Å²) >= 11 is 1.75. The number of hydrogen-bond acceptors (Lipinski definition) is 3. The summed E-state index contributed by atoms with van der Waals surface area (Å²) in [6.07, 6.45) is 2.01. The Morgan fingerprint density at radius 1 is 0.674 bits per heavy atom. The molecular weight excluding hydrogens is 541 g/mol. The zero-order chi connectivity index (χ0) is 29.7. The number of rotatable bonds is 4. The van der Waals surface area contributed by atoms with Crippen molar-refractivity contribution in [3.05, 3.63) is 131 Å². The Hall–Kier alpha value is -4.60. The second-order valence-electron chi connectivity index (χ2n) is 12.5. The molecule has 7 aromatic rings.